The summed E-state index contributed by atoms with van der Waals surface area (Å²) >= 11 is 18.2. The number of rotatable bonds is 2. The van der Waals surface area contributed by atoms with Gasteiger partial charge in [0.05, 0.1) is 10.7 Å². The number of nitrogens with zero attached hydrogens (tertiary/aromatic N) is 4. The van der Waals surface area contributed by atoms with Crippen LogP contribution in [0, 0.1) is 6.92 Å². The molecule has 2 aromatic heterocycles. The van der Waals surface area contributed by atoms with Gasteiger partial charge in [-0.05, 0) is 25.1 Å². The van der Waals surface area contributed by atoms with Crippen LogP contribution in [0.5, 0.6) is 0 Å². The summed E-state index contributed by atoms with van der Waals surface area (Å²) in [7, 11) is 0. The molecule has 0 radical (unpaired) electrons. The molecular weight excluding hydrogens is 321 g/mol. The smallest absolute Gasteiger partial charge is 0.255 e. The van der Waals surface area contributed by atoms with Gasteiger partial charge in [-0.25, -0.2) is 0 Å². The number of nitrogens with one attached hydrogen (secondary N) is 1. The summed E-state index contributed by atoms with van der Waals surface area (Å²) in [6, 6.07) is 5.15. The van der Waals surface area contributed by atoms with Crippen LogP contribution in [-0.4, -0.2) is 19.6 Å². The predicted octanol–water partition coefficient (Wildman–Crippen LogP) is 4.14. The molecule has 0 amide bonds. The van der Waals surface area contributed by atoms with Crippen LogP contribution in [0.4, 0.5) is 11.5 Å². The van der Waals surface area contributed by atoms with Gasteiger partial charge >= 0.3 is 0 Å². The second kappa shape index (κ2) is 5.09. The van der Waals surface area contributed by atoms with Crippen molar-refractivity contribution >= 4 is 52.1 Å². The van der Waals surface area contributed by atoms with Gasteiger partial charge in [0.2, 0.25) is 0 Å². The summed E-state index contributed by atoms with van der Waals surface area (Å²) in [5.41, 5.74) is 1.39. The first-order valence-electron chi connectivity index (χ1n) is 5.64. The molecule has 3 rings (SSSR count). The second-order valence-electron chi connectivity index (χ2n) is 4.10. The van der Waals surface area contributed by atoms with E-state index in [0.717, 1.165) is 5.56 Å². The van der Waals surface area contributed by atoms with Crippen LogP contribution in [-0.2, 0) is 0 Å². The van der Waals surface area contributed by atoms with Crippen LogP contribution in [0.3, 0.4) is 0 Å². The van der Waals surface area contributed by atoms with Crippen LogP contribution >= 0.6 is 34.8 Å². The maximum Gasteiger partial charge on any atom is 0.255 e. The van der Waals surface area contributed by atoms with Crippen molar-refractivity contribution in [3.8, 4) is 0 Å². The van der Waals surface area contributed by atoms with Gasteiger partial charge in [0.15, 0.2) is 0 Å². The van der Waals surface area contributed by atoms with E-state index in [1.54, 1.807) is 22.7 Å². The van der Waals surface area contributed by atoms with Crippen molar-refractivity contribution < 1.29 is 0 Å². The van der Waals surface area contributed by atoms with Gasteiger partial charge in [0.25, 0.3) is 5.78 Å². The van der Waals surface area contributed by atoms with E-state index in [1.807, 2.05) is 6.92 Å². The largest absolute Gasteiger partial charge is 0.338 e. The molecule has 0 aliphatic carbocycles. The molecule has 0 saturated carbocycles. The zero-order valence-electron chi connectivity index (χ0n) is 10.2. The fourth-order valence-corrected chi connectivity index (χ4v) is 2.27. The number of hydrogen-bond donors (Lipinski definition) is 1. The Morgan fingerprint density at radius 1 is 1.20 bits per heavy atom. The third kappa shape index (κ3) is 2.28. The van der Waals surface area contributed by atoms with Crippen molar-refractivity contribution in [2.75, 3.05) is 5.32 Å². The molecule has 0 fully saturated rings. The van der Waals surface area contributed by atoms with Crippen LogP contribution in [0.2, 0.25) is 15.2 Å². The lowest BCUT2D eigenvalue weighted by atomic mass is 10.3. The number of hydrogen-bond acceptors (Lipinski definition) is 4. The summed E-state index contributed by atoms with van der Waals surface area (Å²) in [5.74, 6) is 1.04. The molecule has 3 aromatic rings. The molecular formula is C12H8Cl3N5. The quantitative estimate of drug-likeness (QED) is 0.718. The van der Waals surface area contributed by atoms with Crippen LogP contribution in [0.1, 0.15) is 5.56 Å². The lowest BCUT2D eigenvalue weighted by Crippen LogP contribution is -2.05. The molecule has 2 heterocycles. The van der Waals surface area contributed by atoms with Gasteiger partial charge in [-0.3, -0.25) is 0 Å². The highest BCUT2D eigenvalue weighted by molar-refractivity contribution is 6.35. The van der Waals surface area contributed by atoms with Crippen molar-refractivity contribution in [3.63, 3.8) is 0 Å². The first-order valence-corrected chi connectivity index (χ1v) is 6.77. The van der Waals surface area contributed by atoms with E-state index in [0.29, 0.717) is 32.5 Å². The van der Waals surface area contributed by atoms with Crippen molar-refractivity contribution in [2.45, 2.75) is 6.92 Å². The van der Waals surface area contributed by atoms with Crippen molar-refractivity contribution in [1.82, 2.24) is 19.6 Å². The average molecular weight is 329 g/mol. The van der Waals surface area contributed by atoms with E-state index in [1.165, 1.54) is 6.33 Å². The van der Waals surface area contributed by atoms with Crippen molar-refractivity contribution in [2.24, 2.45) is 0 Å². The highest BCUT2D eigenvalue weighted by Crippen LogP contribution is 2.31. The minimum absolute atomic E-state index is 0.353. The van der Waals surface area contributed by atoms with E-state index in [-0.39, 0.29) is 0 Å². The van der Waals surface area contributed by atoms with Crippen molar-refractivity contribution in [3.05, 3.63) is 45.3 Å². The first kappa shape index (κ1) is 13.4. The molecule has 0 aliphatic rings. The Hall–Kier alpha value is -1.56. The number of aromatic nitrogens is 4. The topological polar surface area (TPSA) is 55.1 Å². The number of halogens is 3. The molecule has 102 valence electrons. The van der Waals surface area contributed by atoms with E-state index in [9.17, 15) is 0 Å². The molecule has 8 heteroatoms. The van der Waals surface area contributed by atoms with E-state index < -0.39 is 0 Å². The highest BCUT2D eigenvalue weighted by Gasteiger charge is 2.13. The van der Waals surface area contributed by atoms with Gasteiger partial charge in [0, 0.05) is 10.6 Å². The molecule has 0 atom stereocenters. The highest BCUT2D eigenvalue weighted by atomic mass is 35.5. The fourth-order valence-electron chi connectivity index (χ4n) is 1.77. The Labute approximate surface area is 129 Å². The summed E-state index contributed by atoms with van der Waals surface area (Å²) < 4.78 is 1.55. The van der Waals surface area contributed by atoms with Gasteiger partial charge in [-0.1, -0.05) is 34.8 Å². The van der Waals surface area contributed by atoms with Crippen LogP contribution in [0.25, 0.3) is 5.78 Å². The summed E-state index contributed by atoms with van der Waals surface area (Å²) in [5, 5.41) is 8.75. The van der Waals surface area contributed by atoms with Gasteiger partial charge in [0.1, 0.15) is 17.3 Å². The Morgan fingerprint density at radius 3 is 2.80 bits per heavy atom. The third-order valence-electron chi connectivity index (χ3n) is 2.79. The Kier molecular flexibility index (Phi) is 3.41. The zero-order chi connectivity index (χ0) is 14.3. The van der Waals surface area contributed by atoms with Crippen molar-refractivity contribution in [1.29, 1.82) is 0 Å². The maximum atomic E-state index is 6.15. The molecule has 0 spiro atoms. The Balaban J connectivity index is 2.17. The minimum atomic E-state index is 0.353. The molecule has 1 N–H and O–H groups in total. The first-order chi connectivity index (χ1) is 9.56. The van der Waals surface area contributed by atoms with E-state index in [2.05, 4.69) is 20.4 Å². The Morgan fingerprint density at radius 2 is 2.00 bits per heavy atom. The number of fused-ring (bicyclic) bond motifs is 1. The zero-order valence-corrected chi connectivity index (χ0v) is 12.5. The van der Waals surface area contributed by atoms with E-state index in [4.69, 9.17) is 34.8 Å². The molecule has 20 heavy (non-hydrogen) atoms. The van der Waals surface area contributed by atoms with E-state index >= 15 is 0 Å². The minimum Gasteiger partial charge on any atom is -0.338 e. The van der Waals surface area contributed by atoms with Gasteiger partial charge in [-0.15, -0.1) is 0 Å². The number of anilines is 2. The van der Waals surface area contributed by atoms with Crippen LogP contribution < -0.4 is 5.32 Å². The molecule has 0 bridgehead atoms. The average Bonchev–Trinajstić information content (AvgIpc) is 2.86. The summed E-state index contributed by atoms with van der Waals surface area (Å²) in [6.07, 6.45) is 1.41. The lowest BCUT2D eigenvalue weighted by molar-refractivity contribution is 0.936. The summed E-state index contributed by atoms with van der Waals surface area (Å²) in [4.78, 5) is 8.15. The molecule has 1 aromatic carbocycles. The molecule has 5 nitrogen and oxygen atoms in total. The molecule has 0 aliphatic heterocycles. The number of benzene rings is 1. The Bertz CT molecular complexity index is 799. The molecule has 0 unspecified atom stereocenters. The normalized spacial score (nSPS) is 11.0. The third-order valence-corrected chi connectivity index (χ3v) is 3.72. The van der Waals surface area contributed by atoms with Gasteiger partial charge < -0.3 is 5.32 Å². The maximum absolute atomic E-state index is 6.15. The van der Waals surface area contributed by atoms with Crippen LogP contribution in [0.15, 0.2) is 24.5 Å². The summed E-state index contributed by atoms with van der Waals surface area (Å²) in [6.45, 7) is 1.83. The predicted molar refractivity (Wildman–Crippen MR) is 80.3 cm³/mol. The van der Waals surface area contributed by atoms with Gasteiger partial charge in [-0.2, -0.15) is 19.6 Å². The SMILES string of the molecule is Cc1c(Cl)nc2ncnn2c1Nc1cc(Cl)ccc1Cl. The monoisotopic (exact) mass is 327 g/mol. The fraction of sp³-hybridized carbons (Fsp3) is 0.0833. The molecule has 0 saturated heterocycles. The standard InChI is InChI=1S/C12H8Cl3N5/c1-6-10(15)19-12-16-5-17-20(12)11(6)18-9-4-7(13)2-3-8(9)14/h2-5,18H,1H3. The lowest BCUT2D eigenvalue weighted by Gasteiger charge is -2.13. The second-order valence-corrected chi connectivity index (χ2v) is 5.30.